The van der Waals surface area contributed by atoms with Crippen molar-refractivity contribution in [1.82, 2.24) is 0 Å². The molecule has 0 saturated carbocycles. The molecule has 20 heavy (non-hydrogen) atoms. The van der Waals surface area contributed by atoms with Gasteiger partial charge in [-0.15, -0.1) is 0 Å². The topological polar surface area (TPSA) is 55.2 Å². The van der Waals surface area contributed by atoms with Crippen molar-refractivity contribution in [3.05, 3.63) is 68.2 Å². The molecule has 1 unspecified atom stereocenters. The molecule has 1 aliphatic rings. The van der Waals surface area contributed by atoms with Crippen molar-refractivity contribution in [3.63, 3.8) is 0 Å². The summed E-state index contributed by atoms with van der Waals surface area (Å²) in [5.41, 5.74) is 3.80. The Hall–Kier alpha value is -1.88. The number of halogens is 1. The summed E-state index contributed by atoms with van der Waals surface area (Å²) in [7, 11) is 0. The fraction of sp³-hybridized carbons (Fsp3) is 0.200. The molecule has 1 aliphatic carbocycles. The zero-order chi connectivity index (χ0) is 14.1. The smallest absolute Gasteiger partial charge is 0.270 e. The highest BCUT2D eigenvalue weighted by Gasteiger charge is 2.25. The van der Waals surface area contributed by atoms with Gasteiger partial charge in [-0.1, -0.05) is 24.3 Å². The van der Waals surface area contributed by atoms with Crippen molar-refractivity contribution in [1.29, 1.82) is 0 Å². The maximum atomic E-state index is 10.7. The zero-order valence-corrected chi connectivity index (χ0v) is 12.3. The summed E-state index contributed by atoms with van der Waals surface area (Å²) in [6, 6.07) is 13.2. The number of anilines is 1. The van der Waals surface area contributed by atoms with Gasteiger partial charge in [0.05, 0.1) is 4.92 Å². The van der Waals surface area contributed by atoms with Gasteiger partial charge in [0.1, 0.15) is 0 Å². The van der Waals surface area contributed by atoms with E-state index in [1.807, 2.05) is 0 Å². The number of benzene rings is 2. The van der Waals surface area contributed by atoms with E-state index in [0.717, 1.165) is 23.1 Å². The van der Waals surface area contributed by atoms with Crippen LogP contribution in [0.25, 0.3) is 0 Å². The number of nitro groups is 1. The van der Waals surface area contributed by atoms with Gasteiger partial charge in [-0.2, -0.15) is 0 Å². The van der Waals surface area contributed by atoms with Crippen molar-refractivity contribution in [3.8, 4) is 0 Å². The van der Waals surface area contributed by atoms with Crippen molar-refractivity contribution in [2.45, 2.75) is 12.3 Å². The summed E-state index contributed by atoms with van der Waals surface area (Å²) in [6.45, 7) is 0.841. The van der Waals surface area contributed by atoms with Crippen LogP contribution < -0.4 is 5.32 Å². The van der Waals surface area contributed by atoms with Gasteiger partial charge in [0, 0.05) is 34.8 Å². The first kappa shape index (κ1) is 13.1. The molecule has 5 heteroatoms. The lowest BCUT2D eigenvalue weighted by Crippen LogP contribution is -2.24. The van der Waals surface area contributed by atoms with Crippen molar-refractivity contribution >= 4 is 27.3 Å². The summed E-state index contributed by atoms with van der Waals surface area (Å²) in [5, 5.41) is 14.0. The van der Waals surface area contributed by atoms with E-state index < -0.39 is 4.92 Å². The molecule has 102 valence electrons. The van der Waals surface area contributed by atoms with Crippen LogP contribution in [-0.4, -0.2) is 11.5 Å². The molecule has 0 saturated heterocycles. The highest BCUT2D eigenvalue weighted by atomic mass is 79.9. The molecule has 0 spiro atoms. The predicted octanol–water partition coefficient (Wildman–Crippen LogP) is 4.11. The lowest BCUT2D eigenvalue weighted by atomic mass is 9.77. The van der Waals surface area contributed by atoms with Crippen LogP contribution in [0.1, 0.15) is 17.0 Å². The zero-order valence-electron chi connectivity index (χ0n) is 10.7. The highest BCUT2D eigenvalue weighted by Crippen LogP contribution is 2.35. The average molecular weight is 333 g/mol. The monoisotopic (exact) mass is 332 g/mol. The molecular formula is C15H13BrN2O2. The molecule has 3 rings (SSSR count). The third kappa shape index (κ3) is 2.41. The van der Waals surface area contributed by atoms with Gasteiger partial charge in [0.2, 0.25) is 0 Å². The normalized spacial score (nSPS) is 16.1. The summed E-state index contributed by atoms with van der Waals surface area (Å²) in [5.74, 6) is 0.522. The first-order valence-electron chi connectivity index (χ1n) is 6.41. The van der Waals surface area contributed by atoms with Crippen LogP contribution in [-0.2, 0) is 6.42 Å². The maximum absolute atomic E-state index is 10.7. The first-order chi connectivity index (χ1) is 9.65. The van der Waals surface area contributed by atoms with Gasteiger partial charge in [-0.25, -0.2) is 0 Å². The largest absolute Gasteiger partial charge is 0.384 e. The fourth-order valence-corrected chi connectivity index (χ4v) is 3.05. The molecule has 2 aromatic rings. The van der Waals surface area contributed by atoms with Crippen LogP contribution in [0.5, 0.6) is 0 Å². The average Bonchev–Trinajstić information content (AvgIpc) is 2.41. The third-order valence-corrected chi connectivity index (χ3v) is 4.32. The number of nitro benzene ring substituents is 1. The Kier molecular flexibility index (Phi) is 3.44. The summed E-state index contributed by atoms with van der Waals surface area (Å²) in [6.07, 6.45) is 1.09. The summed E-state index contributed by atoms with van der Waals surface area (Å²) >= 11 is 3.37. The SMILES string of the molecule is O=[N+]([O-])c1ccc(NCC2Cc3ccccc32)c(Br)c1. The molecule has 1 atom stereocenters. The molecule has 0 amide bonds. The molecule has 0 aromatic heterocycles. The Morgan fingerprint density at radius 3 is 2.80 bits per heavy atom. The van der Waals surface area contributed by atoms with E-state index in [1.165, 1.54) is 23.3 Å². The van der Waals surface area contributed by atoms with Crippen LogP contribution >= 0.6 is 15.9 Å². The second kappa shape index (κ2) is 5.25. The van der Waals surface area contributed by atoms with Crippen LogP contribution in [0.4, 0.5) is 11.4 Å². The maximum Gasteiger partial charge on any atom is 0.270 e. The Labute approximate surface area is 125 Å². The number of non-ortho nitro benzene ring substituents is 1. The van der Waals surface area contributed by atoms with Gasteiger partial charge in [0.25, 0.3) is 5.69 Å². The van der Waals surface area contributed by atoms with Gasteiger partial charge >= 0.3 is 0 Å². The Bertz CT molecular complexity index is 673. The highest BCUT2D eigenvalue weighted by molar-refractivity contribution is 9.10. The van der Waals surface area contributed by atoms with E-state index in [9.17, 15) is 10.1 Å². The minimum atomic E-state index is -0.392. The number of hydrogen-bond donors (Lipinski definition) is 1. The minimum absolute atomic E-state index is 0.0939. The van der Waals surface area contributed by atoms with E-state index in [0.29, 0.717) is 5.92 Å². The van der Waals surface area contributed by atoms with Gasteiger partial charge in [-0.3, -0.25) is 10.1 Å². The van der Waals surface area contributed by atoms with Gasteiger partial charge in [-0.05, 0) is 39.5 Å². The number of nitrogens with zero attached hydrogens (tertiary/aromatic N) is 1. The standard InChI is InChI=1S/C15H13BrN2O2/c16-14-8-12(18(19)20)5-6-15(14)17-9-11-7-10-3-1-2-4-13(10)11/h1-6,8,11,17H,7,9H2. The van der Waals surface area contributed by atoms with Crippen molar-refractivity contribution < 1.29 is 4.92 Å². The van der Waals surface area contributed by atoms with Crippen molar-refractivity contribution in [2.24, 2.45) is 0 Å². The van der Waals surface area contributed by atoms with Gasteiger partial charge in [0.15, 0.2) is 0 Å². The lowest BCUT2D eigenvalue weighted by Gasteiger charge is -2.30. The molecular weight excluding hydrogens is 320 g/mol. The number of fused-ring (bicyclic) bond motifs is 1. The van der Waals surface area contributed by atoms with E-state index in [4.69, 9.17) is 0 Å². The molecule has 0 heterocycles. The van der Waals surface area contributed by atoms with E-state index in [1.54, 1.807) is 6.07 Å². The van der Waals surface area contributed by atoms with E-state index >= 15 is 0 Å². The summed E-state index contributed by atoms with van der Waals surface area (Å²) < 4.78 is 0.722. The summed E-state index contributed by atoms with van der Waals surface area (Å²) in [4.78, 5) is 10.3. The third-order valence-electron chi connectivity index (χ3n) is 3.66. The Morgan fingerprint density at radius 1 is 1.30 bits per heavy atom. The predicted molar refractivity (Wildman–Crippen MR) is 82.2 cm³/mol. The number of rotatable bonds is 4. The fourth-order valence-electron chi connectivity index (χ4n) is 2.54. The van der Waals surface area contributed by atoms with Crippen molar-refractivity contribution in [2.75, 3.05) is 11.9 Å². The molecule has 0 aliphatic heterocycles. The molecule has 1 N–H and O–H groups in total. The van der Waals surface area contributed by atoms with Crippen LogP contribution in [0.3, 0.4) is 0 Å². The second-order valence-corrected chi connectivity index (χ2v) is 5.76. The van der Waals surface area contributed by atoms with Crippen LogP contribution in [0, 0.1) is 10.1 Å². The molecule has 2 aromatic carbocycles. The van der Waals surface area contributed by atoms with E-state index in [2.05, 4.69) is 45.5 Å². The number of nitrogens with one attached hydrogen (secondary N) is 1. The first-order valence-corrected chi connectivity index (χ1v) is 7.20. The molecule has 0 radical (unpaired) electrons. The minimum Gasteiger partial charge on any atom is -0.384 e. The quantitative estimate of drug-likeness (QED) is 0.677. The second-order valence-electron chi connectivity index (χ2n) is 4.90. The van der Waals surface area contributed by atoms with Gasteiger partial charge < -0.3 is 5.32 Å². The molecule has 0 bridgehead atoms. The number of hydrogen-bond acceptors (Lipinski definition) is 3. The Balaban J connectivity index is 1.67. The van der Waals surface area contributed by atoms with Crippen LogP contribution in [0.2, 0.25) is 0 Å². The van der Waals surface area contributed by atoms with Crippen LogP contribution in [0.15, 0.2) is 46.9 Å². The molecule has 4 nitrogen and oxygen atoms in total. The lowest BCUT2D eigenvalue weighted by molar-refractivity contribution is -0.384. The Morgan fingerprint density at radius 2 is 2.10 bits per heavy atom. The molecule has 0 fully saturated rings. The van der Waals surface area contributed by atoms with E-state index in [-0.39, 0.29) is 5.69 Å².